The molecular weight excluding hydrogens is 376 g/mol. The van der Waals surface area contributed by atoms with Gasteiger partial charge in [0.2, 0.25) is 10.0 Å². The first-order chi connectivity index (χ1) is 12.5. The molecule has 2 heterocycles. The highest BCUT2D eigenvalue weighted by molar-refractivity contribution is 7.93. The normalized spacial score (nSPS) is 18.6. The minimum Gasteiger partial charge on any atom is -0.321 e. The number of fused-ring (bicyclic) bond motifs is 1. The lowest BCUT2D eigenvalue weighted by Gasteiger charge is -2.19. The van der Waals surface area contributed by atoms with Crippen molar-refractivity contribution in [3.63, 3.8) is 0 Å². The van der Waals surface area contributed by atoms with E-state index in [0.29, 0.717) is 30.0 Å². The number of aryl methyl sites for hydroxylation is 1. The van der Waals surface area contributed by atoms with Gasteiger partial charge in [-0.2, -0.15) is 5.10 Å². The van der Waals surface area contributed by atoms with Gasteiger partial charge in [0.1, 0.15) is 0 Å². The van der Waals surface area contributed by atoms with Crippen molar-refractivity contribution in [2.24, 2.45) is 0 Å². The molecule has 138 valence electrons. The third kappa shape index (κ3) is 3.07. The Bertz CT molecular complexity index is 970. The predicted molar refractivity (Wildman–Crippen MR) is 100 cm³/mol. The second-order valence-corrected chi connectivity index (χ2v) is 9.02. The molecule has 0 unspecified atom stereocenters. The zero-order chi connectivity index (χ0) is 18.3. The van der Waals surface area contributed by atoms with Crippen molar-refractivity contribution in [1.82, 2.24) is 10.2 Å². The Hall–Kier alpha value is -2.06. The van der Waals surface area contributed by atoms with Crippen molar-refractivity contribution in [3.05, 3.63) is 40.2 Å². The third-order valence-corrected chi connectivity index (χ3v) is 7.00. The summed E-state index contributed by atoms with van der Waals surface area (Å²) >= 11 is 6.28. The van der Waals surface area contributed by atoms with E-state index in [4.69, 9.17) is 11.6 Å². The highest BCUT2D eigenvalue weighted by Gasteiger charge is 2.30. The monoisotopic (exact) mass is 394 g/mol. The van der Waals surface area contributed by atoms with Crippen LogP contribution in [0.2, 0.25) is 5.02 Å². The fourth-order valence-corrected chi connectivity index (χ4v) is 5.47. The van der Waals surface area contributed by atoms with Gasteiger partial charge < -0.3 is 5.32 Å². The SMILES string of the molecule is O=C(Nc1ccc(N2CCCS2(=O)=O)c(Cl)c1)c1n[nH]c2c1CCCC2. The van der Waals surface area contributed by atoms with E-state index in [1.807, 2.05) is 0 Å². The number of rotatable bonds is 3. The lowest BCUT2D eigenvalue weighted by Crippen LogP contribution is -2.25. The van der Waals surface area contributed by atoms with E-state index < -0.39 is 10.0 Å². The van der Waals surface area contributed by atoms with Gasteiger partial charge in [-0.15, -0.1) is 0 Å². The lowest BCUT2D eigenvalue weighted by molar-refractivity contribution is 0.102. The fraction of sp³-hybridized carbons (Fsp3) is 0.412. The molecule has 1 fully saturated rings. The number of H-pyrrole nitrogens is 1. The second-order valence-electron chi connectivity index (χ2n) is 6.60. The molecule has 0 saturated carbocycles. The highest BCUT2D eigenvalue weighted by Crippen LogP contribution is 2.33. The molecule has 2 N–H and O–H groups in total. The number of nitrogens with one attached hydrogen (secondary N) is 2. The zero-order valence-corrected chi connectivity index (χ0v) is 15.7. The maximum Gasteiger partial charge on any atom is 0.276 e. The number of benzene rings is 1. The van der Waals surface area contributed by atoms with E-state index in [2.05, 4.69) is 15.5 Å². The molecule has 1 amide bonds. The minimum absolute atomic E-state index is 0.131. The van der Waals surface area contributed by atoms with Crippen LogP contribution >= 0.6 is 11.6 Å². The number of aromatic amines is 1. The van der Waals surface area contributed by atoms with Gasteiger partial charge in [-0.25, -0.2) is 8.42 Å². The van der Waals surface area contributed by atoms with Crippen molar-refractivity contribution in [2.45, 2.75) is 32.1 Å². The maximum atomic E-state index is 12.6. The largest absolute Gasteiger partial charge is 0.321 e. The van der Waals surface area contributed by atoms with Crippen LogP contribution in [0.1, 0.15) is 41.0 Å². The van der Waals surface area contributed by atoms with E-state index >= 15 is 0 Å². The summed E-state index contributed by atoms with van der Waals surface area (Å²) in [7, 11) is -3.30. The second kappa shape index (κ2) is 6.59. The Morgan fingerprint density at radius 1 is 1.23 bits per heavy atom. The minimum atomic E-state index is -3.30. The molecule has 1 saturated heterocycles. The Kier molecular flexibility index (Phi) is 4.40. The molecule has 1 aromatic carbocycles. The van der Waals surface area contributed by atoms with Crippen LogP contribution < -0.4 is 9.62 Å². The van der Waals surface area contributed by atoms with Crippen LogP contribution in [0.5, 0.6) is 0 Å². The molecule has 0 bridgehead atoms. The van der Waals surface area contributed by atoms with E-state index in [1.54, 1.807) is 18.2 Å². The molecule has 4 rings (SSSR count). The number of carbonyl (C=O) groups is 1. The van der Waals surface area contributed by atoms with E-state index in [0.717, 1.165) is 36.9 Å². The van der Waals surface area contributed by atoms with Gasteiger partial charge in [0.05, 0.1) is 16.5 Å². The summed E-state index contributed by atoms with van der Waals surface area (Å²) in [6.07, 6.45) is 4.51. The van der Waals surface area contributed by atoms with E-state index in [9.17, 15) is 13.2 Å². The molecule has 2 aliphatic rings. The number of aromatic nitrogens is 2. The first-order valence-corrected chi connectivity index (χ1v) is 10.6. The van der Waals surface area contributed by atoms with Crippen LogP contribution in [0.25, 0.3) is 0 Å². The van der Waals surface area contributed by atoms with Crippen molar-refractivity contribution in [3.8, 4) is 0 Å². The van der Waals surface area contributed by atoms with Crippen molar-refractivity contribution >= 4 is 38.9 Å². The first-order valence-electron chi connectivity index (χ1n) is 8.63. The van der Waals surface area contributed by atoms with Gasteiger partial charge in [0.25, 0.3) is 5.91 Å². The summed E-state index contributed by atoms with van der Waals surface area (Å²) in [4.78, 5) is 12.6. The molecule has 1 aliphatic heterocycles. The summed E-state index contributed by atoms with van der Waals surface area (Å²) in [5.74, 6) is -0.159. The highest BCUT2D eigenvalue weighted by atomic mass is 35.5. The molecule has 0 spiro atoms. The number of anilines is 2. The maximum absolute atomic E-state index is 12.6. The Morgan fingerprint density at radius 2 is 2.04 bits per heavy atom. The summed E-state index contributed by atoms with van der Waals surface area (Å²) in [6.45, 7) is 0.424. The molecule has 9 heteroatoms. The summed E-state index contributed by atoms with van der Waals surface area (Å²) in [5.41, 5.74) is 3.39. The standard InChI is InChI=1S/C17H19ClN4O3S/c18-13-10-11(6-7-15(13)22-8-3-9-26(22,24)25)19-17(23)16-12-4-1-2-5-14(12)20-21-16/h6-7,10H,1-5,8-9H2,(H,19,23)(H,20,21). The number of carbonyl (C=O) groups excluding carboxylic acids is 1. The number of hydrogen-bond acceptors (Lipinski definition) is 4. The van der Waals surface area contributed by atoms with Crippen molar-refractivity contribution in [1.29, 1.82) is 0 Å². The van der Waals surface area contributed by atoms with Crippen molar-refractivity contribution < 1.29 is 13.2 Å². The number of halogens is 1. The first kappa shape index (κ1) is 17.4. The topological polar surface area (TPSA) is 95.2 Å². The molecule has 26 heavy (non-hydrogen) atoms. The van der Waals surface area contributed by atoms with E-state index in [-0.39, 0.29) is 16.7 Å². The quantitative estimate of drug-likeness (QED) is 0.836. The van der Waals surface area contributed by atoms with Crippen LogP contribution in [0.4, 0.5) is 11.4 Å². The smallest absolute Gasteiger partial charge is 0.276 e. The van der Waals surface area contributed by atoms with Gasteiger partial charge in [0, 0.05) is 23.5 Å². The van der Waals surface area contributed by atoms with Crippen LogP contribution in [-0.2, 0) is 22.9 Å². The zero-order valence-electron chi connectivity index (χ0n) is 14.1. The van der Waals surface area contributed by atoms with Crippen LogP contribution in [-0.4, -0.2) is 36.8 Å². The molecule has 2 aromatic rings. The number of hydrogen-bond donors (Lipinski definition) is 2. The van der Waals surface area contributed by atoms with Crippen molar-refractivity contribution in [2.75, 3.05) is 21.9 Å². The number of amides is 1. The Labute approximate surface area is 156 Å². The molecular formula is C17H19ClN4O3S. The number of nitrogens with zero attached hydrogens (tertiary/aromatic N) is 2. The van der Waals surface area contributed by atoms with Gasteiger partial charge >= 0.3 is 0 Å². The molecule has 7 nitrogen and oxygen atoms in total. The summed E-state index contributed by atoms with van der Waals surface area (Å²) < 4.78 is 25.4. The van der Waals surface area contributed by atoms with Gasteiger partial charge in [0.15, 0.2) is 5.69 Å². The molecule has 0 radical (unpaired) electrons. The van der Waals surface area contributed by atoms with Crippen LogP contribution in [0.15, 0.2) is 18.2 Å². The fourth-order valence-electron chi connectivity index (χ4n) is 3.56. The average Bonchev–Trinajstić information content (AvgIpc) is 3.18. The Morgan fingerprint density at radius 3 is 2.77 bits per heavy atom. The molecule has 1 aromatic heterocycles. The van der Waals surface area contributed by atoms with Gasteiger partial charge in [-0.3, -0.25) is 14.2 Å². The average molecular weight is 395 g/mol. The van der Waals surface area contributed by atoms with Gasteiger partial charge in [-0.05, 0) is 50.3 Å². The van der Waals surface area contributed by atoms with Gasteiger partial charge in [-0.1, -0.05) is 11.6 Å². The summed E-state index contributed by atoms with van der Waals surface area (Å²) in [6, 6.07) is 4.86. The molecule has 0 atom stereocenters. The third-order valence-electron chi connectivity index (χ3n) is 4.84. The van der Waals surface area contributed by atoms with Crippen LogP contribution in [0.3, 0.4) is 0 Å². The lowest BCUT2D eigenvalue weighted by atomic mass is 9.96. The summed E-state index contributed by atoms with van der Waals surface area (Å²) in [5, 5.41) is 10.2. The van der Waals surface area contributed by atoms with E-state index in [1.165, 1.54) is 4.31 Å². The Balaban J connectivity index is 1.55. The number of sulfonamides is 1. The molecule has 1 aliphatic carbocycles. The predicted octanol–water partition coefficient (Wildman–Crippen LogP) is 2.73. The van der Waals surface area contributed by atoms with Crippen LogP contribution in [0, 0.1) is 0 Å².